The van der Waals surface area contributed by atoms with Crippen molar-refractivity contribution in [1.29, 1.82) is 0 Å². The van der Waals surface area contributed by atoms with Crippen molar-refractivity contribution in [3.8, 4) is 0 Å². The lowest BCUT2D eigenvalue weighted by molar-refractivity contribution is -0.116. The average molecular weight is 252 g/mol. The van der Waals surface area contributed by atoms with Crippen LogP contribution in [0.2, 0.25) is 0 Å². The number of carbonyl (C=O) groups excluding carboxylic acids is 1. The lowest BCUT2D eigenvalue weighted by atomic mass is 10.3. The predicted molar refractivity (Wildman–Crippen MR) is 63.6 cm³/mol. The molecular weight excluding hydrogens is 243 g/mol. The van der Waals surface area contributed by atoms with Crippen LogP contribution >= 0.6 is 11.3 Å². The van der Waals surface area contributed by atoms with Gasteiger partial charge in [0.25, 0.3) is 0 Å². The highest BCUT2D eigenvalue weighted by molar-refractivity contribution is 7.07. The molecule has 0 aliphatic heterocycles. The van der Waals surface area contributed by atoms with Crippen LogP contribution in [0.3, 0.4) is 0 Å². The normalized spacial score (nSPS) is 10.2. The number of amides is 1. The minimum absolute atomic E-state index is 0.0420. The van der Waals surface area contributed by atoms with Gasteiger partial charge in [0.05, 0.1) is 0 Å². The van der Waals surface area contributed by atoms with Crippen molar-refractivity contribution in [3.05, 3.63) is 51.3 Å². The van der Waals surface area contributed by atoms with Crippen molar-refractivity contribution >= 4 is 22.9 Å². The highest BCUT2D eigenvalue weighted by Crippen LogP contribution is 2.08. The second-order valence-corrected chi connectivity index (χ2v) is 4.21. The fourth-order valence-corrected chi connectivity index (χ4v) is 1.88. The Morgan fingerprint density at radius 1 is 1.35 bits per heavy atom. The summed E-state index contributed by atoms with van der Waals surface area (Å²) in [6.45, 7) is -0.0420. The number of halogens is 1. The Bertz CT molecular complexity index is 574. The molecule has 1 N–H and O–H groups in total. The summed E-state index contributed by atoms with van der Waals surface area (Å²) >= 11 is 1.03. The molecule has 0 unspecified atom stereocenters. The van der Waals surface area contributed by atoms with Crippen LogP contribution in [-0.4, -0.2) is 10.5 Å². The van der Waals surface area contributed by atoms with Gasteiger partial charge in [0, 0.05) is 17.3 Å². The number of anilines is 1. The molecule has 1 amide bonds. The molecule has 4 nitrogen and oxygen atoms in total. The van der Waals surface area contributed by atoms with Gasteiger partial charge >= 0.3 is 4.87 Å². The molecule has 2 rings (SSSR count). The van der Waals surface area contributed by atoms with Gasteiger partial charge in [0.15, 0.2) is 0 Å². The van der Waals surface area contributed by atoms with Crippen molar-refractivity contribution < 1.29 is 9.18 Å². The zero-order valence-corrected chi connectivity index (χ0v) is 9.54. The fraction of sp³-hybridized carbons (Fsp3) is 0.0909. The first-order valence-electron chi connectivity index (χ1n) is 4.84. The van der Waals surface area contributed by atoms with Crippen molar-refractivity contribution in [1.82, 2.24) is 4.57 Å². The molecule has 0 saturated heterocycles. The van der Waals surface area contributed by atoms with Gasteiger partial charge in [-0.3, -0.25) is 14.2 Å². The maximum Gasteiger partial charge on any atom is 0.307 e. The Hall–Kier alpha value is -1.95. The van der Waals surface area contributed by atoms with E-state index in [1.807, 2.05) is 0 Å². The Morgan fingerprint density at radius 3 is 2.65 bits per heavy atom. The smallest absolute Gasteiger partial charge is 0.307 e. The predicted octanol–water partition coefficient (Wildman–Crippen LogP) is 1.69. The van der Waals surface area contributed by atoms with Crippen molar-refractivity contribution in [3.63, 3.8) is 0 Å². The van der Waals surface area contributed by atoms with E-state index in [0.717, 1.165) is 11.3 Å². The monoisotopic (exact) mass is 252 g/mol. The number of hydrogen-bond acceptors (Lipinski definition) is 3. The molecule has 0 radical (unpaired) electrons. The first-order valence-corrected chi connectivity index (χ1v) is 5.72. The first-order chi connectivity index (χ1) is 8.15. The quantitative estimate of drug-likeness (QED) is 0.903. The van der Waals surface area contributed by atoms with Gasteiger partial charge in [0.2, 0.25) is 5.91 Å². The number of rotatable bonds is 3. The highest BCUT2D eigenvalue weighted by atomic mass is 32.1. The van der Waals surface area contributed by atoms with E-state index < -0.39 is 0 Å². The number of nitrogens with one attached hydrogen (secondary N) is 1. The summed E-state index contributed by atoms with van der Waals surface area (Å²) in [4.78, 5) is 22.6. The molecule has 0 atom stereocenters. The molecule has 2 aromatic rings. The van der Waals surface area contributed by atoms with Crippen LogP contribution in [0.25, 0.3) is 0 Å². The van der Waals surface area contributed by atoms with Gasteiger partial charge in [-0.2, -0.15) is 0 Å². The molecule has 0 aliphatic carbocycles. The van der Waals surface area contributed by atoms with E-state index in [1.165, 1.54) is 28.8 Å². The van der Waals surface area contributed by atoms with Crippen molar-refractivity contribution in [2.24, 2.45) is 0 Å². The minimum Gasteiger partial charge on any atom is -0.325 e. The standard InChI is InChI=1S/C11H9FN2O2S/c12-8-1-3-9(4-2-8)13-10(15)7-14-5-6-17-11(14)16/h1-6H,7H2,(H,13,15). The number of hydrogen-bond donors (Lipinski definition) is 1. The van der Waals surface area contributed by atoms with Gasteiger partial charge in [-0.1, -0.05) is 11.3 Å². The third-order valence-corrected chi connectivity index (χ3v) is 2.78. The SMILES string of the molecule is O=C(Cn1ccsc1=O)Nc1ccc(F)cc1. The van der Waals surface area contributed by atoms with Gasteiger partial charge in [0.1, 0.15) is 12.4 Å². The van der Waals surface area contributed by atoms with Crippen LogP contribution in [-0.2, 0) is 11.3 Å². The number of carbonyl (C=O) groups is 1. The lowest BCUT2D eigenvalue weighted by Gasteiger charge is -2.04. The average Bonchev–Trinajstić information content (AvgIpc) is 2.68. The summed E-state index contributed by atoms with van der Waals surface area (Å²) in [7, 11) is 0. The lowest BCUT2D eigenvalue weighted by Crippen LogP contribution is -2.23. The molecule has 0 fully saturated rings. The zero-order chi connectivity index (χ0) is 12.3. The van der Waals surface area contributed by atoms with Crippen LogP contribution in [0.5, 0.6) is 0 Å². The first kappa shape index (κ1) is 11.5. The van der Waals surface area contributed by atoms with Crippen LogP contribution in [0.4, 0.5) is 10.1 Å². The molecule has 1 aromatic carbocycles. The van der Waals surface area contributed by atoms with Crippen molar-refractivity contribution in [2.75, 3.05) is 5.32 Å². The molecule has 6 heteroatoms. The summed E-state index contributed by atoms with van der Waals surface area (Å²) in [5, 5.41) is 4.19. The third kappa shape index (κ3) is 3.01. The van der Waals surface area contributed by atoms with Gasteiger partial charge in [-0.25, -0.2) is 4.39 Å². The van der Waals surface area contributed by atoms with E-state index in [1.54, 1.807) is 11.6 Å². The molecule has 0 bridgehead atoms. The van der Waals surface area contributed by atoms with Crippen LogP contribution in [0.1, 0.15) is 0 Å². The molecule has 1 heterocycles. The molecule has 1 aromatic heterocycles. The summed E-state index contributed by atoms with van der Waals surface area (Å²) in [5.41, 5.74) is 0.500. The molecule has 0 spiro atoms. The molecule has 0 saturated carbocycles. The van der Waals surface area contributed by atoms with E-state index in [4.69, 9.17) is 0 Å². The van der Waals surface area contributed by atoms with E-state index in [2.05, 4.69) is 5.32 Å². The molecule has 88 valence electrons. The number of nitrogens with zero attached hydrogens (tertiary/aromatic N) is 1. The van der Waals surface area contributed by atoms with Crippen LogP contribution in [0.15, 0.2) is 40.6 Å². The number of thiazole rings is 1. The van der Waals surface area contributed by atoms with E-state index >= 15 is 0 Å². The van der Waals surface area contributed by atoms with Crippen LogP contribution < -0.4 is 10.2 Å². The summed E-state index contributed by atoms with van der Waals surface area (Å²) in [6.07, 6.45) is 1.55. The van der Waals surface area contributed by atoms with Gasteiger partial charge < -0.3 is 5.32 Å². The van der Waals surface area contributed by atoms with Gasteiger partial charge in [-0.15, -0.1) is 0 Å². The topological polar surface area (TPSA) is 51.1 Å². The van der Waals surface area contributed by atoms with Gasteiger partial charge in [-0.05, 0) is 24.3 Å². The Morgan fingerprint density at radius 2 is 2.06 bits per heavy atom. The third-order valence-electron chi connectivity index (χ3n) is 2.09. The number of aromatic nitrogens is 1. The molecular formula is C11H9FN2O2S. The number of benzene rings is 1. The van der Waals surface area contributed by atoms with Crippen LogP contribution in [0, 0.1) is 5.82 Å². The zero-order valence-electron chi connectivity index (χ0n) is 8.72. The summed E-state index contributed by atoms with van der Waals surface area (Å²) in [5.74, 6) is -0.686. The largest absolute Gasteiger partial charge is 0.325 e. The van der Waals surface area contributed by atoms with E-state index in [-0.39, 0.29) is 23.1 Å². The van der Waals surface area contributed by atoms with E-state index in [0.29, 0.717) is 5.69 Å². The Kier molecular flexibility index (Phi) is 3.34. The maximum atomic E-state index is 12.6. The van der Waals surface area contributed by atoms with E-state index in [9.17, 15) is 14.0 Å². The maximum absolute atomic E-state index is 12.6. The highest BCUT2D eigenvalue weighted by Gasteiger charge is 2.05. The second kappa shape index (κ2) is 4.92. The summed E-state index contributed by atoms with van der Waals surface area (Å²) < 4.78 is 13.9. The second-order valence-electron chi connectivity index (χ2n) is 3.35. The fourth-order valence-electron chi connectivity index (χ4n) is 1.30. The summed E-state index contributed by atoms with van der Waals surface area (Å²) in [6, 6.07) is 5.44. The molecule has 17 heavy (non-hydrogen) atoms. The van der Waals surface area contributed by atoms with Crippen molar-refractivity contribution in [2.45, 2.75) is 6.54 Å². The molecule has 0 aliphatic rings. The Balaban J connectivity index is 2.00. The Labute approximate surface area is 100 Å². The minimum atomic E-state index is -0.364.